The van der Waals surface area contributed by atoms with Crippen molar-refractivity contribution in [2.75, 3.05) is 37.2 Å². The molecule has 7 nitrogen and oxygen atoms in total. The third-order valence-electron chi connectivity index (χ3n) is 6.16. The number of fused-ring (bicyclic) bond motifs is 1. The lowest BCUT2D eigenvalue weighted by Gasteiger charge is -2.15. The number of rotatable bonds is 11. The van der Waals surface area contributed by atoms with Gasteiger partial charge in [0.25, 0.3) is 0 Å². The number of ether oxygens (including phenoxy) is 1. The van der Waals surface area contributed by atoms with E-state index in [0.717, 1.165) is 57.2 Å². The van der Waals surface area contributed by atoms with Crippen molar-refractivity contribution in [2.24, 2.45) is 0 Å². The number of sulfonamides is 1. The highest BCUT2D eigenvalue weighted by atomic mass is 32.2. The van der Waals surface area contributed by atoms with Crippen LogP contribution in [0, 0.1) is 11.6 Å². The molecule has 0 spiro atoms. The molecule has 1 aliphatic heterocycles. The second-order valence-corrected chi connectivity index (χ2v) is 10.8. The highest BCUT2D eigenvalue weighted by molar-refractivity contribution is 7.92. The van der Waals surface area contributed by atoms with Crippen LogP contribution in [0.1, 0.15) is 54.3 Å². The number of carbonyl (C=O) groups is 1. The zero-order chi connectivity index (χ0) is 25.9. The molecule has 0 amide bonds. The number of ketones is 1. The number of furan rings is 1. The molecule has 0 atom stereocenters. The fraction of sp³-hybridized carbons (Fsp3) is 0.423. The second-order valence-electron chi connectivity index (χ2n) is 9.08. The minimum Gasteiger partial charge on any atom is -0.486 e. The first-order valence-electron chi connectivity index (χ1n) is 12.1. The fourth-order valence-corrected chi connectivity index (χ4v) is 5.00. The maximum Gasteiger partial charge on any atom is 0.229 e. The molecule has 194 valence electrons. The molecule has 2 aromatic carbocycles. The summed E-state index contributed by atoms with van der Waals surface area (Å²) >= 11 is 0. The SMILES string of the molecule is CCCCc1oc2ccc(NS(C)(=O)=O)cc2c1C(=O)c1cc(F)c(OCCN2CCCC2)c(F)c1. The molecule has 1 N–H and O–H groups in total. The molecule has 10 heteroatoms. The Labute approximate surface area is 209 Å². The Hall–Kier alpha value is -2.98. The summed E-state index contributed by atoms with van der Waals surface area (Å²) in [5.41, 5.74) is 0.614. The lowest BCUT2D eigenvalue weighted by atomic mass is 9.97. The predicted octanol–water partition coefficient (Wildman–Crippen LogP) is 5.13. The molecule has 4 rings (SSSR count). The Morgan fingerprint density at radius 2 is 1.83 bits per heavy atom. The number of nitrogens with zero attached hydrogens (tertiary/aromatic N) is 1. The molecule has 0 aliphatic carbocycles. The Kier molecular flexibility index (Phi) is 7.94. The largest absolute Gasteiger partial charge is 0.486 e. The summed E-state index contributed by atoms with van der Waals surface area (Å²) in [6.07, 6.45) is 5.26. The van der Waals surface area contributed by atoms with Gasteiger partial charge in [0.1, 0.15) is 18.0 Å². The van der Waals surface area contributed by atoms with Gasteiger partial charge in [-0.05, 0) is 62.7 Å². The van der Waals surface area contributed by atoms with Gasteiger partial charge in [0.15, 0.2) is 23.2 Å². The van der Waals surface area contributed by atoms with Gasteiger partial charge in [0, 0.05) is 29.6 Å². The Bertz CT molecular complexity index is 1340. The number of aryl methyl sites for hydroxylation is 1. The molecule has 1 saturated heterocycles. The normalized spacial score (nSPS) is 14.4. The summed E-state index contributed by atoms with van der Waals surface area (Å²) in [5, 5.41) is 0.367. The van der Waals surface area contributed by atoms with Gasteiger partial charge in [0.05, 0.1) is 11.8 Å². The van der Waals surface area contributed by atoms with Crippen LogP contribution in [0.25, 0.3) is 11.0 Å². The Morgan fingerprint density at radius 3 is 2.47 bits per heavy atom. The van der Waals surface area contributed by atoms with Gasteiger partial charge in [-0.1, -0.05) is 13.3 Å². The van der Waals surface area contributed by atoms with Crippen molar-refractivity contribution in [1.82, 2.24) is 4.90 Å². The number of halogens is 2. The van der Waals surface area contributed by atoms with Gasteiger partial charge >= 0.3 is 0 Å². The monoisotopic (exact) mass is 520 g/mol. The van der Waals surface area contributed by atoms with Crippen LogP contribution in [0.4, 0.5) is 14.5 Å². The maximum atomic E-state index is 14.8. The summed E-state index contributed by atoms with van der Waals surface area (Å²) in [5.74, 6) is -2.64. The molecule has 0 unspecified atom stereocenters. The van der Waals surface area contributed by atoms with E-state index in [2.05, 4.69) is 9.62 Å². The molecule has 1 aromatic heterocycles. The molecule has 1 aliphatic rings. The summed E-state index contributed by atoms with van der Waals surface area (Å²) in [6, 6.07) is 6.52. The number of carbonyl (C=O) groups excluding carboxylic acids is 1. The second kappa shape index (κ2) is 11.0. The average Bonchev–Trinajstić information content (AvgIpc) is 3.45. The molecule has 3 aromatic rings. The van der Waals surface area contributed by atoms with Crippen molar-refractivity contribution in [1.29, 1.82) is 0 Å². The summed E-state index contributed by atoms with van der Waals surface area (Å²) in [7, 11) is -3.55. The van der Waals surface area contributed by atoms with Crippen LogP contribution in [-0.4, -0.2) is 51.6 Å². The highest BCUT2D eigenvalue weighted by Gasteiger charge is 2.25. The lowest BCUT2D eigenvalue weighted by Crippen LogP contribution is -2.25. The van der Waals surface area contributed by atoms with Crippen molar-refractivity contribution in [3.63, 3.8) is 0 Å². The van der Waals surface area contributed by atoms with Crippen molar-refractivity contribution < 1.29 is 31.1 Å². The summed E-state index contributed by atoms with van der Waals surface area (Å²) in [6.45, 7) is 4.60. The van der Waals surface area contributed by atoms with Crippen molar-refractivity contribution in [2.45, 2.75) is 39.0 Å². The van der Waals surface area contributed by atoms with E-state index in [1.165, 1.54) is 12.1 Å². The van der Waals surface area contributed by atoms with E-state index in [9.17, 15) is 22.0 Å². The van der Waals surface area contributed by atoms with Gasteiger partial charge < -0.3 is 9.15 Å². The molecular weight excluding hydrogens is 490 g/mol. The van der Waals surface area contributed by atoms with E-state index in [-0.39, 0.29) is 23.4 Å². The number of anilines is 1. The molecule has 0 bridgehead atoms. The molecule has 36 heavy (non-hydrogen) atoms. The molecule has 1 fully saturated rings. The molecule has 2 heterocycles. The molecule has 0 saturated carbocycles. The number of benzene rings is 2. The predicted molar refractivity (Wildman–Crippen MR) is 134 cm³/mol. The van der Waals surface area contributed by atoms with E-state index in [0.29, 0.717) is 29.7 Å². The van der Waals surface area contributed by atoms with Crippen LogP contribution in [0.5, 0.6) is 5.75 Å². The van der Waals surface area contributed by atoms with Crippen LogP contribution in [0.2, 0.25) is 0 Å². The number of hydrogen-bond donors (Lipinski definition) is 1. The van der Waals surface area contributed by atoms with E-state index in [1.807, 2.05) is 6.92 Å². The zero-order valence-corrected chi connectivity index (χ0v) is 21.2. The van der Waals surface area contributed by atoms with Gasteiger partial charge in [-0.3, -0.25) is 14.4 Å². The average molecular weight is 521 g/mol. The first-order chi connectivity index (χ1) is 17.2. The maximum absolute atomic E-state index is 14.8. The van der Waals surface area contributed by atoms with Gasteiger partial charge in [-0.15, -0.1) is 0 Å². The minimum absolute atomic E-state index is 0.144. The van der Waals surface area contributed by atoms with E-state index < -0.39 is 33.2 Å². The van der Waals surface area contributed by atoms with Gasteiger partial charge in [-0.2, -0.15) is 0 Å². The topological polar surface area (TPSA) is 88.8 Å². The first-order valence-corrected chi connectivity index (χ1v) is 14.0. The van der Waals surface area contributed by atoms with Crippen molar-refractivity contribution in [3.05, 3.63) is 58.9 Å². The third kappa shape index (κ3) is 6.04. The number of likely N-dealkylation sites (tertiary alicyclic amines) is 1. The number of nitrogens with one attached hydrogen (secondary N) is 1. The molecular formula is C26H30F2N2O5S. The van der Waals surface area contributed by atoms with Crippen LogP contribution in [0.15, 0.2) is 34.7 Å². The number of hydrogen-bond acceptors (Lipinski definition) is 6. The molecule has 0 radical (unpaired) electrons. The van der Waals surface area contributed by atoms with Gasteiger partial charge in [-0.25, -0.2) is 17.2 Å². The van der Waals surface area contributed by atoms with Crippen molar-refractivity contribution in [3.8, 4) is 5.75 Å². The van der Waals surface area contributed by atoms with Crippen LogP contribution >= 0.6 is 0 Å². The zero-order valence-electron chi connectivity index (χ0n) is 20.4. The third-order valence-corrected chi connectivity index (χ3v) is 6.77. The fourth-order valence-electron chi connectivity index (χ4n) is 4.44. The minimum atomic E-state index is -3.55. The Balaban J connectivity index is 1.65. The summed E-state index contributed by atoms with van der Waals surface area (Å²) in [4.78, 5) is 15.7. The summed E-state index contributed by atoms with van der Waals surface area (Å²) < 4.78 is 66.7. The smallest absolute Gasteiger partial charge is 0.229 e. The number of unbranched alkanes of at least 4 members (excludes halogenated alkanes) is 1. The first kappa shape index (κ1) is 26.1. The van der Waals surface area contributed by atoms with E-state index in [1.54, 1.807) is 6.07 Å². The van der Waals surface area contributed by atoms with Crippen molar-refractivity contribution >= 4 is 32.5 Å². The highest BCUT2D eigenvalue weighted by Crippen LogP contribution is 2.33. The van der Waals surface area contributed by atoms with E-state index >= 15 is 0 Å². The van der Waals surface area contributed by atoms with Crippen LogP contribution in [0.3, 0.4) is 0 Å². The standard InChI is InChI=1S/C26H30F2N2O5S/c1-3-4-7-23-24(19-16-18(29-36(2,32)33)8-9-22(19)35-23)25(31)17-14-20(27)26(21(28)15-17)34-13-12-30-10-5-6-11-30/h8-9,14-16,29H,3-7,10-13H2,1-2H3. The quantitative estimate of drug-likeness (QED) is 0.353. The lowest BCUT2D eigenvalue weighted by molar-refractivity contribution is 0.103. The van der Waals surface area contributed by atoms with Gasteiger partial charge in [0.2, 0.25) is 10.0 Å². The Morgan fingerprint density at radius 1 is 1.14 bits per heavy atom. The van der Waals surface area contributed by atoms with E-state index in [4.69, 9.17) is 9.15 Å². The van der Waals surface area contributed by atoms with Crippen LogP contribution in [-0.2, 0) is 16.4 Å². The van der Waals surface area contributed by atoms with Crippen LogP contribution < -0.4 is 9.46 Å².